The molecule has 0 saturated heterocycles. The molecule has 5 heteroatoms. The van der Waals surface area contributed by atoms with Crippen LogP contribution < -0.4 is 51.4 Å². The fraction of sp³-hybridized carbons (Fsp3) is 0.857. The van der Waals surface area contributed by atoms with E-state index in [9.17, 15) is 12.9 Å². The van der Waals surface area contributed by atoms with E-state index in [0.717, 1.165) is 5.92 Å². The molecule has 0 nitrogen and oxygen atoms in total. The van der Waals surface area contributed by atoms with Crippen LogP contribution in [0.2, 0.25) is 0 Å². The van der Waals surface area contributed by atoms with E-state index in [1.165, 1.54) is 25.7 Å². The summed E-state index contributed by atoms with van der Waals surface area (Å²) in [5.41, 5.74) is 0. The van der Waals surface area contributed by atoms with Crippen LogP contribution >= 0.6 is 0 Å². The van der Waals surface area contributed by atoms with Crippen molar-refractivity contribution in [2.45, 2.75) is 32.6 Å². The van der Waals surface area contributed by atoms with Crippen LogP contribution in [-0.4, -0.2) is 7.54 Å². The Morgan fingerprint density at radius 2 is 1.75 bits per heavy atom. The van der Waals surface area contributed by atoms with Gasteiger partial charge < -0.3 is 6.42 Å². The molecule has 12 heavy (non-hydrogen) atoms. The standard InChI is InChI=1S/C7H13.BF3.K/c1-7-5-3-2-4-6-7;2-1(3)4;/h5,7H,2-4,6H2,1H3;;/q-1;;+1/t7-;;/m0../s1. The molecule has 0 unspecified atom stereocenters. The van der Waals surface area contributed by atoms with Gasteiger partial charge in [-0.05, 0) is 0 Å². The van der Waals surface area contributed by atoms with Gasteiger partial charge in [0.15, 0.2) is 0 Å². The Kier molecular flexibility index (Phi) is 14.0. The molecule has 0 N–H and O–H groups in total. The van der Waals surface area contributed by atoms with Gasteiger partial charge in [-0.25, -0.2) is 0 Å². The van der Waals surface area contributed by atoms with E-state index < -0.39 is 7.54 Å². The molecule has 0 aliphatic heterocycles. The van der Waals surface area contributed by atoms with E-state index in [1.54, 1.807) is 0 Å². The molecule has 1 aliphatic carbocycles. The number of hydrogen-bond donors (Lipinski definition) is 0. The molecule has 1 rings (SSSR count). The first-order valence-electron chi connectivity index (χ1n) is 3.88. The Balaban J connectivity index is 0. The maximum absolute atomic E-state index is 9.67. The third-order valence-corrected chi connectivity index (χ3v) is 1.68. The Hall–Kier alpha value is 1.49. The largest absolute Gasteiger partial charge is 1.00 e. The number of halogens is 3. The van der Waals surface area contributed by atoms with Crippen LogP contribution in [0.5, 0.6) is 0 Å². The van der Waals surface area contributed by atoms with Crippen LogP contribution in [-0.2, 0) is 0 Å². The monoisotopic (exact) mass is 204 g/mol. The van der Waals surface area contributed by atoms with Crippen molar-refractivity contribution in [2.75, 3.05) is 0 Å². The minimum atomic E-state index is -3.67. The van der Waals surface area contributed by atoms with Crippen molar-refractivity contribution < 1.29 is 64.3 Å². The quantitative estimate of drug-likeness (QED) is 0.393. The zero-order chi connectivity index (χ0) is 8.69. The molecular weight excluding hydrogens is 191 g/mol. The maximum atomic E-state index is 9.67. The van der Waals surface area contributed by atoms with Gasteiger partial charge >= 0.3 is 58.9 Å². The first-order valence-corrected chi connectivity index (χ1v) is 3.88. The molecule has 0 aromatic rings. The van der Waals surface area contributed by atoms with Crippen molar-refractivity contribution in [2.24, 2.45) is 5.92 Å². The normalized spacial score (nSPS) is 21.5. The molecule has 0 bridgehead atoms. The third-order valence-electron chi connectivity index (χ3n) is 1.68. The first-order chi connectivity index (χ1) is 5.13. The van der Waals surface area contributed by atoms with Crippen molar-refractivity contribution in [1.82, 2.24) is 0 Å². The average Bonchev–Trinajstić information content (AvgIpc) is 1.87. The van der Waals surface area contributed by atoms with E-state index in [0.29, 0.717) is 0 Å². The van der Waals surface area contributed by atoms with Crippen molar-refractivity contribution in [1.29, 1.82) is 0 Å². The summed E-state index contributed by atoms with van der Waals surface area (Å²) in [5, 5.41) is 0. The zero-order valence-electron chi connectivity index (χ0n) is 7.69. The predicted molar refractivity (Wildman–Crippen MR) is 41.0 cm³/mol. The summed E-state index contributed by atoms with van der Waals surface area (Å²) in [6, 6.07) is 0. The summed E-state index contributed by atoms with van der Waals surface area (Å²) in [7, 11) is -3.67. The van der Waals surface area contributed by atoms with Crippen LogP contribution in [0.25, 0.3) is 0 Å². The second-order valence-electron chi connectivity index (χ2n) is 2.74. The van der Waals surface area contributed by atoms with Gasteiger partial charge in [0.2, 0.25) is 0 Å². The molecule has 0 heterocycles. The van der Waals surface area contributed by atoms with E-state index in [4.69, 9.17) is 0 Å². The van der Waals surface area contributed by atoms with Gasteiger partial charge in [0, 0.05) is 0 Å². The molecule has 0 aromatic heterocycles. The molecule has 0 aromatic carbocycles. The summed E-state index contributed by atoms with van der Waals surface area (Å²) < 4.78 is 29.0. The minimum Gasteiger partial charge on any atom is -0.326 e. The molecular formula is C7H13BF3K. The van der Waals surface area contributed by atoms with Crippen LogP contribution in [0.4, 0.5) is 12.9 Å². The van der Waals surface area contributed by atoms with Gasteiger partial charge in [0.1, 0.15) is 0 Å². The Morgan fingerprint density at radius 1 is 1.25 bits per heavy atom. The molecule has 0 radical (unpaired) electrons. The van der Waals surface area contributed by atoms with Crippen LogP contribution in [0.1, 0.15) is 32.6 Å². The number of rotatable bonds is 0. The van der Waals surface area contributed by atoms with E-state index in [1.807, 2.05) is 0 Å². The molecule has 0 amide bonds. The second kappa shape index (κ2) is 10.6. The van der Waals surface area contributed by atoms with Crippen molar-refractivity contribution in [3.05, 3.63) is 6.42 Å². The summed E-state index contributed by atoms with van der Waals surface area (Å²) in [6.45, 7) is 2.30. The van der Waals surface area contributed by atoms with E-state index in [-0.39, 0.29) is 51.4 Å². The smallest absolute Gasteiger partial charge is 0.326 e. The topological polar surface area (TPSA) is 0 Å². The van der Waals surface area contributed by atoms with E-state index >= 15 is 0 Å². The molecule has 1 fully saturated rings. The number of hydrogen-bond acceptors (Lipinski definition) is 0. The third kappa shape index (κ3) is 14.0. The summed E-state index contributed by atoms with van der Waals surface area (Å²) in [5.74, 6) is 0.911. The summed E-state index contributed by atoms with van der Waals surface area (Å²) in [4.78, 5) is 0. The zero-order valence-corrected chi connectivity index (χ0v) is 10.8. The Labute approximate surface area is 115 Å². The van der Waals surface area contributed by atoms with Gasteiger partial charge in [-0.1, -0.05) is 26.2 Å². The average molecular weight is 204 g/mol. The van der Waals surface area contributed by atoms with Crippen LogP contribution in [0.3, 0.4) is 0 Å². The predicted octanol–water partition coefficient (Wildman–Crippen LogP) is 0.285. The van der Waals surface area contributed by atoms with Crippen molar-refractivity contribution >= 4 is 7.54 Å². The van der Waals surface area contributed by atoms with Crippen molar-refractivity contribution in [3.63, 3.8) is 0 Å². The maximum Gasteiger partial charge on any atom is 1.00 e. The molecule has 1 aliphatic rings. The fourth-order valence-electron chi connectivity index (χ4n) is 1.13. The Bertz CT molecular complexity index is 84.0. The Morgan fingerprint density at radius 3 is 1.92 bits per heavy atom. The second-order valence-corrected chi connectivity index (χ2v) is 2.74. The summed E-state index contributed by atoms with van der Waals surface area (Å²) >= 11 is 0. The van der Waals surface area contributed by atoms with Crippen molar-refractivity contribution in [3.8, 4) is 0 Å². The SMILES string of the molecule is C[C@H]1[CH-]CCCC1.FB(F)F.[K+]. The summed E-state index contributed by atoms with van der Waals surface area (Å²) in [6.07, 6.45) is 8.12. The van der Waals surface area contributed by atoms with Gasteiger partial charge in [0.25, 0.3) is 0 Å². The minimum absolute atomic E-state index is 0. The van der Waals surface area contributed by atoms with Gasteiger partial charge in [-0.3, -0.25) is 12.9 Å². The van der Waals surface area contributed by atoms with Gasteiger partial charge in [-0.2, -0.15) is 12.3 Å². The fourth-order valence-corrected chi connectivity index (χ4v) is 1.13. The van der Waals surface area contributed by atoms with Crippen LogP contribution in [0, 0.1) is 12.3 Å². The van der Waals surface area contributed by atoms with E-state index in [2.05, 4.69) is 13.3 Å². The van der Waals surface area contributed by atoms with Gasteiger partial charge in [0.05, 0.1) is 0 Å². The van der Waals surface area contributed by atoms with Crippen LogP contribution in [0.15, 0.2) is 0 Å². The molecule has 1 saturated carbocycles. The first kappa shape index (κ1) is 15.9. The molecule has 0 spiro atoms. The van der Waals surface area contributed by atoms with Gasteiger partial charge in [-0.15, -0.1) is 0 Å². The molecule has 66 valence electrons. The molecule has 1 atom stereocenters.